The second-order valence-electron chi connectivity index (χ2n) is 3.20. The second kappa shape index (κ2) is 6.62. The molecule has 0 heterocycles. The molecule has 0 saturated heterocycles. The van der Waals surface area contributed by atoms with E-state index in [0.29, 0.717) is 0 Å². The Morgan fingerprint density at radius 1 is 1.56 bits per heavy atom. The van der Waals surface area contributed by atoms with Gasteiger partial charge >= 0.3 is 5.97 Å². The number of ether oxygens (including phenoxy) is 1. The zero-order valence-corrected chi connectivity index (χ0v) is 10.4. The Bertz CT molecular complexity index is 531. The number of carbonyl (C=O) groups excluding carboxylic acids is 1. The Balaban J connectivity index is 2.88. The van der Waals surface area contributed by atoms with Gasteiger partial charge in [-0.25, -0.2) is 0 Å². The van der Waals surface area contributed by atoms with Gasteiger partial charge in [-0.15, -0.1) is 0 Å². The summed E-state index contributed by atoms with van der Waals surface area (Å²) in [6, 6.07) is 4.16. The Morgan fingerprint density at radius 3 is 2.89 bits per heavy atom. The van der Waals surface area contributed by atoms with E-state index in [9.17, 15) is 14.9 Å². The lowest BCUT2D eigenvalue weighted by Gasteiger charge is -1.96. The first-order chi connectivity index (χ1) is 8.54. The van der Waals surface area contributed by atoms with Crippen LogP contribution in [0.1, 0.15) is 18.9 Å². The number of nitrogens with zero attached hydrogens (tertiary/aromatic N) is 1. The van der Waals surface area contributed by atoms with Crippen LogP contribution in [0.25, 0.3) is 0 Å². The minimum absolute atomic E-state index is 0.104. The van der Waals surface area contributed by atoms with E-state index >= 15 is 0 Å². The molecule has 0 atom stereocenters. The number of nitro benzene ring substituents is 1. The summed E-state index contributed by atoms with van der Waals surface area (Å²) < 4.78 is 4.68. The van der Waals surface area contributed by atoms with Crippen molar-refractivity contribution in [2.24, 2.45) is 0 Å². The predicted octanol–water partition coefficient (Wildman–Crippen LogP) is 2.55. The number of carbonyl (C=O) groups is 1. The fraction of sp³-hybridized carbons (Fsp3) is 0.250. The molecule has 0 spiro atoms. The van der Waals surface area contributed by atoms with Crippen molar-refractivity contribution in [1.29, 1.82) is 0 Å². The van der Waals surface area contributed by atoms with Gasteiger partial charge in [0, 0.05) is 11.1 Å². The summed E-state index contributed by atoms with van der Waals surface area (Å²) in [6.07, 6.45) is -0.104. The number of benzene rings is 1. The second-order valence-corrected chi connectivity index (χ2v) is 3.64. The van der Waals surface area contributed by atoms with Gasteiger partial charge in [0.25, 0.3) is 5.69 Å². The van der Waals surface area contributed by atoms with Crippen LogP contribution in [-0.2, 0) is 9.53 Å². The average Bonchev–Trinajstić information content (AvgIpc) is 2.31. The van der Waals surface area contributed by atoms with Gasteiger partial charge in [-0.05, 0) is 19.1 Å². The summed E-state index contributed by atoms with van der Waals surface area (Å²) >= 11 is 5.66. The molecule has 0 unspecified atom stereocenters. The summed E-state index contributed by atoms with van der Waals surface area (Å²) in [4.78, 5) is 21.2. The largest absolute Gasteiger partial charge is 0.465 e. The van der Waals surface area contributed by atoms with Crippen molar-refractivity contribution < 1.29 is 14.5 Å². The van der Waals surface area contributed by atoms with E-state index in [1.807, 2.05) is 0 Å². The molecule has 0 aliphatic rings. The van der Waals surface area contributed by atoms with Gasteiger partial charge in [-0.3, -0.25) is 14.9 Å². The number of halogens is 1. The van der Waals surface area contributed by atoms with Crippen molar-refractivity contribution >= 4 is 23.3 Å². The molecule has 1 aromatic carbocycles. The van der Waals surface area contributed by atoms with Gasteiger partial charge in [0.15, 0.2) is 0 Å². The summed E-state index contributed by atoms with van der Waals surface area (Å²) in [6.45, 7) is 1.97. The molecule has 1 rings (SSSR count). The molecule has 0 bridgehead atoms. The van der Waals surface area contributed by atoms with Crippen LogP contribution >= 0.6 is 11.6 Å². The summed E-state index contributed by atoms with van der Waals surface area (Å²) in [5.74, 6) is 4.63. The van der Waals surface area contributed by atoms with Crippen molar-refractivity contribution in [3.8, 4) is 11.8 Å². The molecule has 0 radical (unpaired) electrons. The van der Waals surface area contributed by atoms with Crippen molar-refractivity contribution in [3.63, 3.8) is 0 Å². The minimum atomic E-state index is -0.569. The van der Waals surface area contributed by atoms with Gasteiger partial charge in [0.05, 0.1) is 11.5 Å². The van der Waals surface area contributed by atoms with Gasteiger partial charge in [0.2, 0.25) is 0 Å². The fourth-order valence-corrected chi connectivity index (χ4v) is 1.35. The van der Waals surface area contributed by atoms with E-state index in [1.165, 1.54) is 18.2 Å². The zero-order chi connectivity index (χ0) is 13.5. The Hall–Kier alpha value is -2.06. The van der Waals surface area contributed by atoms with Crippen LogP contribution in [0.5, 0.6) is 0 Å². The molecule has 1 aromatic rings. The van der Waals surface area contributed by atoms with Gasteiger partial charge in [0.1, 0.15) is 12.0 Å². The smallest absolute Gasteiger partial charge is 0.317 e. The van der Waals surface area contributed by atoms with Gasteiger partial charge in [-0.2, -0.15) is 0 Å². The molecule has 18 heavy (non-hydrogen) atoms. The van der Waals surface area contributed by atoms with Crippen LogP contribution in [-0.4, -0.2) is 17.5 Å². The first-order valence-corrected chi connectivity index (χ1v) is 5.50. The van der Waals surface area contributed by atoms with E-state index in [-0.39, 0.29) is 29.3 Å². The fourth-order valence-electron chi connectivity index (χ4n) is 1.19. The Labute approximate surface area is 109 Å². The number of nitro groups is 1. The zero-order valence-electron chi connectivity index (χ0n) is 9.60. The standard InChI is InChI=1S/C12H10ClNO4/c1-2-18-12(15)5-3-4-9-6-7-10(13)8-11(9)14(16)17/h6-8H,2,5H2,1H3. The number of hydrogen-bond donors (Lipinski definition) is 0. The Morgan fingerprint density at radius 2 is 2.28 bits per heavy atom. The maximum Gasteiger partial charge on any atom is 0.317 e. The van der Waals surface area contributed by atoms with E-state index < -0.39 is 10.9 Å². The van der Waals surface area contributed by atoms with E-state index in [2.05, 4.69) is 16.6 Å². The summed E-state index contributed by atoms with van der Waals surface area (Å²) in [5.41, 5.74) is 0.0348. The highest BCUT2D eigenvalue weighted by Gasteiger charge is 2.12. The molecule has 0 aliphatic carbocycles. The molecule has 5 nitrogen and oxygen atoms in total. The van der Waals surface area contributed by atoms with Gasteiger partial charge < -0.3 is 4.74 Å². The topological polar surface area (TPSA) is 69.4 Å². The van der Waals surface area contributed by atoms with E-state index in [1.54, 1.807) is 6.92 Å². The molecule has 0 aliphatic heterocycles. The van der Waals surface area contributed by atoms with Crippen LogP contribution in [0.2, 0.25) is 5.02 Å². The van der Waals surface area contributed by atoms with Crippen LogP contribution in [0, 0.1) is 22.0 Å². The third kappa shape index (κ3) is 4.07. The van der Waals surface area contributed by atoms with Crippen LogP contribution in [0.4, 0.5) is 5.69 Å². The molecule has 0 fully saturated rings. The van der Waals surface area contributed by atoms with Crippen LogP contribution in [0.3, 0.4) is 0 Å². The van der Waals surface area contributed by atoms with Crippen molar-refractivity contribution in [2.45, 2.75) is 13.3 Å². The minimum Gasteiger partial charge on any atom is -0.465 e. The summed E-state index contributed by atoms with van der Waals surface area (Å²) in [5, 5.41) is 11.0. The predicted molar refractivity (Wildman–Crippen MR) is 66.2 cm³/mol. The third-order valence-electron chi connectivity index (χ3n) is 1.92. The molecule has 94 valence electrons. The quantitative estimate of drug-likeness (QED) is 0.365. The monoisotopic (exact) mass is 267 g/mol. The SMILES string of the molecule is CCOC(=O)CC#Cc1ccc(Cl)cc1[N+](=O)[O-]. The van der Waals surface area contributed by atoms with Crippen molar-refractivity contribution in [1.82, 2.24) is 0 Å². The maximum absolute atomic E-state index is 11.0. The average molecular weight is 268 g/mol. The lowest BCUT2D eigenvalue weighted by Crippen LogP contribution is -2.01. The molecular weight excluding hydrogens is 258 g/mol. The first-order valence-electron chi connectivity index (χ1n) is 5.13. The number of rotatable bonds is 3. The van der Waals surface area contributed by atoms with Gasteiger partial charge in [-0.1, -0.05) is 23.4 Å². The molecule has 0 N–H and O–H groups in total. The van der Waals surface area contributed by atoms with Crippen LogP contribution in [0.15, 0.2) is 18.2 Å². The molecule has 0 aromatic heterocycles. The van der Waals surface area contributed by atoms with Crippen molar-refractivity contribution in [3.05, 3.63) is 38.9 Å². The highest BCUT2D eigenvalue weighted by molar-refractivity contribution is 6.30. The van der Waals surface area contributed by atoms with E-state index in [0.717, 1.165) is 0 Å². The van der Waals surface area contributed by atoms with Crippen molar-refractivity contribution in [2.75, 3.05) is 6.61 Å². The molecule has 0 amide bonds. The Kier molecular flexibility index (Phi) is 5.15. The third-order valence-corrected chi connectivity index (χ3v) is 2.15. The number of hydrogen-bond acceptors (Lipinski definition) is 4. The lowest BCUT2D eigenvalue weighted by molar-refractivity contribution is -0.385. The summed E-state index contributed by atoms with van der Waals surface area (Å²) in [7, 11) is 0. The molecule has 6 heteroatoms. The van der Waals surface area contributed by atoms with Crippen LogP contribution < -0.4 is 0 Å². The highest BCUT2D eigenvalue weighted by Crippen LogP contribution is 2.22. The maximum atomic E-state index is 11.0. The number of esters is 1. The van der Waals surface area contributed by atoms with E-state index in [4.69, 9.17) is 11.6 Å². The lowest BCUT2D eigenvalue weighted by atomic mass is 10.2. The highest BCUT2D eigenvalue weighted by atomic mass is 35.5. The molecular formula is C12H10ClNO4. The normalized spacial score (nSPS) is 9.22. The first kappa shape index (κ1) is 14.0. The molecule has 0 saturated carbocycles.